The summed E-state index contributed by atoms with van der Waals surface area (Å²) in [5.41, 5.74) is 1.82. The summed E-state index contributed by atoms with van der Waals surface area (Å²) in [7, 11) is 0. The van der Waals surface area contributed by atoms with Crippen molar-refractivity contribution in [3.05, 3.63) is 89.6 Å². The summed E-state index contributed by atoms with van der Waals surface area (Å²) in [6.45, 7) is 0.315. The molecule has 0 bridgehead atoms. The molecule has 0 atom stereocenters. The van der Waals surface area contributed by atoms with Crippen molar-refractivity contribution in [3.63, 3.8) is 0 Å². The number of anilines is 2. The maximum absolute atomic E-state index is 13.6. The molecule has 0 radical (unpaired) electrons. The van der Waals surface area contributed by atoms with E-state index in [-0.39, 0.29) is 24.0 Å². The second kappa shape index (κ2) is 8.20. The highest BCUT2D eigenvalue weighted by Crippen LogP contribution is 2.13. The number of nitrogens with zero attached hydrogens (tertiary/aromatic N) is 1. The molecule has 0 aliphatic rings. The highest BCUT2D eigenvalue weighted by molar-refractivity contribution is 5.92. The van der Waals surface area contributed by atoms with Gasteiger partial charge in [0.15, 0.2) is 0 Å². The number of aromatic nitrogens is 1. The van der Waals surface area contributed by atoms with E-state index < -0.39 is 0 Å². The van der Waals surface area contributed by atoms with Crippen LogP contribution in [-0.2, 0) is 17.8 Å². The van der Waals surface area contributed by atoms with Crippen LogP contribution < -0.4 is 10.6 Å². The van der Waals surface area contributed by atoms with Crippen molar-refractivity contribution in [1.82, 2.24) is 4.98 Å². The van der Waals surface area contributed by atoms with Crippen LogP contribution >= 0.6 is 0 Å². The Balaban J connectivity index is 1.53. The van der Waals surface area contributed by atoms with Crippen molar-refractivity contribution in [2.75, 3.05) is 10.6 Å². The number of rotatable bonds is 6. The smallest absolute Gasteiger partial charge is 0.228 e. The highest BCUT2D eigenvalue weighted by Gasteiger charge is 2.06. The molecule has 1 heterocycles. The molecule has 3 aromatic rings. The molecule has 4 nitrogen and oxygen atoms in total. The minimum Gasteiger partial charge on any atom is -0.366 e. The number of carbonyl (C=O) groups is 1. The van der Waals surface area contributed by atoms with E-state index in [1.807, 2.05) is 0 Å². The van der Waals surface area contributed by atoms with E-state index in [4.69, 9.17) is 0 Å². The molecule has 0 aliphatic heterocycles. The van der Waals surface area contributed by atoms with Crippen LogP contribution in [0.2, 0.25) is 0 Å². The molecule has 132 valence electrons. The number of pyridine rings is 1. The highest BCUT2D eigenvalue weighted by atomic mass is 19.1. The monoisotopic (exact) mass is 353 g/mol. The largest absolute Gasteiger partial charge is 0.366 e. The van der Waals surface area contributed by atoms with Crippen molar-refractivity contribution >= 4 is 17.4 Å². The van der Waals surface area contributed by atoms with Crippen molar-refractivity contribution in [2.45, 2.75) is 13.0 Å². The van der Waals surface area contributed by atoms with Crippen LogP contribution in [0.15, 0.2) is 66.9 Å². The Kier molecular flexibility index (Phi) is 5.53. The number of nitrogens with one attached hydrogen (secondary N) is 2. The predicted octanol–water partition coefficient (Wildman–Crippen LogP) is 4.15. The van der Waals surface area contributed by atoms with Crippen LogP contribution in [-0.4, -0.2) is 10.9 Å². The third-order valence-corrected chi connectivity index (χ3v) is 3.74. The van der Waals surface area contributed by atoms with Gasteiger partial charge in [0.1, 0.15) is 17.5 Å². The molecule has 0 saturated carbocycles. The molecular formula is C20H17F2N3O. The van der Waals surface area contributed by atoms with Crippen LogP contribution in [0, 0.1) is 11.6 Å². The lowest BCUT2D eigenvalue weighted by Gasteiger charge is -2.08. The average Bonchev–Trinajstić information content (AvgIpc) is 2.64. The fourth-order valence-electron chi connectivity index (χ4n) is 2.39. The first-order valence-electron chi connectivity index (χ1n) is 8.08. The Hall–Kier alpha value is -3.28. The minimum absolute atomic E-state index is 0.146. The van der Waals surface area contributed by atoms with Gasteiger partial charge in [-0.15, -0.1) is 0 Å². The van der Waals surface area contributed by atoms with Crippen molar-refractivity contribution in [2.24, 2.45) is 0 Å². The van der Waals surface area contributed by atoms with Crippen LogP contribution in [0.4, 0.5) is 20.3 Å². The maximum Gasteiger partial charge on any atom is 0.228 e. The number of hydrogen-bond donors (Lipinski definition) is 2. The molecular weight excluding hydrogens is 336 g/mol. The third-order valence-electron chi connectivity index (χ3n) is 3.74. The number of carbonyl (C=O) groups excluding carboxylic acids is 1. The zero-order valence-electron chi connectivity index (χ0n) is 13.9. The maximum atomic E-state index is 13.6. The van der Waals surface area contributed by atoms with Gasteiger partial charge in [-0.1, -0.05) is 30.3 Å². The molecule has 2 aromatic carbocycles. The number of halogens is 2. The van der Waals surface area contributed by atoms with E-state index in [9.17, 15) is 13.6 Å². The first kappa shape index (κ1) is 17.5. The Morgan fingerprint density at radius 2 is 1.73 bits per heavy atom. The normalized spacial score (nSPS) is 10.4. The van der Waals surface area contributed by atoms with Crippen LogP contribution in [0.5, 0.6) is 0 Å². The molecule has 0 saturated heterocycles. The van der Waals surface area contributed by atoms with Gasteiger partial charge in [-0.2, -0.15) is 0 Å². The molecule has 0 fully saturated rings. The minimum atomic E-state index is -0.336. The van der Waals surface area contributed by atoms with Crippen LogP contribution in [0.25, 0.3) is 0 Å². The molecule has 0 unspecified atom stereocenters. The Morgan fingerprint density at radius 3 is 2.42 bits per heavy atom. The Labute approximate surface area is 149 Å². The standard InChI is InChI=1S/C20H17F2N3O/c21-16-7-5-14(6-8-16)11-20(26)25-17-9-10-19(24-13-17)23-12-15-3-1-2-4-18(15)22/h1-10,13H,11-12H2,(H,23,24)(H,25,26). The van der Waals surface area contributed by atoms with Gasteiger partial charge >= 0.3 is 0 Å². The molecule has 0 spiro atoms. The Morgan fingerprint density at radius 1 is 0.962 bits per heavy atom. The van der Waals surface area contributed by atoms with Gasteiger partial charge in [-0.05, 0) is 35.9 Å². The molecule has 6 heteroatoms. The van der Waals surface area contributed by atoms with E-state index >= 15 is 0 Å². The van der Waals surface area contributed by atoms with E-state index in [1.165, 1.54) is 24.4 Å². The van der Waals surface area contributed by atoms with Gasteiger partial charge < -0.3 is 10.6 Å². The van der Waals surface area contributed by atoms with E-state index in [1.54, 1.807) is 42.5 Å². The molecule has 1 amide bonds. The van der Waals surface area contributed by atoms with Gasteiger partial charge in [0, 0.05) is 12.1 Å². The second-order valence-electron chi connectivity index (χ2n) is 5.73. The Bertz CT molecular complexity index is 880. The van der Waals surface area contributed by atoms with Crippen molar-refractivity contribution < 1.29 is 13.6 Å². The first-order valence-corrected chi connectivity index (χ1v) is 8.08. The second-order valence-corrected chi connectivity index (χ2v) is 5.73. The lowest BCUT2D eigenvalue weighted by atomic mass is 10.1. The van der Waals surface area contributed by atoms with Gasteiger partial charge in [0.2, 0.25) is 5.91 Å². The van der Waals surface area contributed by atoms with Crippen molar-refractivity contribution in [3.8, 4) is 0 Å². The van der Waals surface area contributed by atoms with Crippen molar-refractivity contribution in [1.29, 1.82) is 0 Å². The molecule has 0 aliphatic carbocycles. The fourth-order valence-corrected chi connectivity index (χ4v) is 2.39. The number of amides is 1. The summed E-state index contributed by atoms with van der Waals surface area (Å²) in [5.74, 6) is -0.253. The molecule has 1 aromatic heterocycles. The predicted molar refractivity (Wildman–Crippen MR) is 96.7 cm³/mol. The van der Waals surface area contributed by atoms with E-state index in [2.05, 4.69) is 15.6 Å². The number of hydrogen-bond acceptors (Lipinski definition) is 3. The summed E-state index contributed by atoms with van der Waals surface area (Å²) >= 11 is 0. The summed E-state index contributed by atoms with van der Waals surface area (Å²) in [5, 5.41) is 5.76. The lowest BCUT2D eigenvalue weighted by molar-refractivity contribution is -0.115. The summed E-state index contributed by atoms with van der Waals surface area (Å²) in [6, 6.07) is 15.7. The van der Waals surface area contributed by atoms with Crippen LogP contribution in [0.3, 0.4) is 0 Å². The fraction of sp³-hybridized carbons (Fsp3) is 0.100. The number of benzene rings is 2. The molecule has 3 rings (SSSR count). The van der Waals surface area contributed by atoms with E-state index in [0.717, 1.165) is 5.56 Å². The van der Waals surface area contributed by atoms with Gasteiger partial charge in [0.05, 0.1) is 18.3 Å². The van der Waals surface area contributed by atoms with Gasteiger partial charge in [-0.25, -0.2) is 13.8 Å². The third kappa shape index (κ3) is 4.86. The summed E-state index contributed by atoms with van der Waals surface area (Å²) in [4.78, 5) is 16.2. The van der Waals surface area contributed by atoms with Crippen LogP contribution in [0.1, 0.15) is 11.1 Å². The zero-order chi connectivity index (χ0) is 18.4. The zero-order valence-corrected chi connectivity index (χ0v) is 13.9. The molecule has 2 N–H and O–H groups in total. The van der Waals surface area contributed by atoms with E-state index in [0.29, 0.717) is 23.6 Å². The van der Waals surface area contributed by atoms with Gasteiger partial charge in [-0.3, -0.25) is 4.79 Å². The first-order chi connectivity index (χ1) is 12.6. The van der Waals surface area contributed by atoms with Gasteiger partial charge in [0.25, 0.3) is 0 Å². The SMILES string of the molecule is O=C(Cc1ccc(F)cc1)Nc1ccc(NCc2ccccc2F)nc1. The summed E-state index contributed by atoms with van der Waals surface area (Å²) < 4.78 is 26.4. The quantitative estimate of drug-likeness (QED) is 0.700. The average molecular weight is 353 g/mol. The lowest BCUT2D eigenvalue weighted by Crippen LogP contribution is -2.14. The molecule has 26 heavy (non-hydrogen) atoms. The topological polar surface area (TPSA) is 54.0 Å². The summed E-state index contributed by atoms with van der Waals surface area (Å²) in [6.07, 6.45) is 1.67.